The van der Waals surface area contributed by atoms with Crippen LogP contribution in [0, 0.1) is 0 Å². The van der Waals surface area contributed by atoms with E-state index in [0.29, 0.717) is 44.6 Å². The molecule has 2 aromatic rings. The Hall–Kier alpha value is -2.22. The molecule has 0 aliphatic carbocycles. The number of hydrogen-bond acceptors (Lipinski definition) is 6. The normalized spacial score (nSPS) is 15.2. The monoisotopic (exact) mass is 437 g/mol. The van der Waals surface area contributed by atoms with E-state index in [1.54, 1.807) is 12.1 Å². The SMILES string of the molecule is CCOc1cc(C=NN=C2NC(=O)CS2)c(Cl)cc1OCc1ccccc1Cl. The number of amidine groups is 1. The predicted molar refractivity (Wildman–Crippen MR) is 114 cm³/mol. The molecule has 1 amide bonds. The highest BCUT2D eigenvalue weighted by Gasteiger charge is 2.16. The molecule has 6 nitrogen and oxygen atoms in total. The molecule has 0 spiro atoms. The molecule has 28 heavy (non-hydrogen) atoms. The molecule has 0 atom stereocenters. The maximum atomic E-state index is 11.2. The first kappa shape index (κ1) is 20.5. The fraction of sp³-hybridized carbons (Fsp3) is 0.211. The van der Waals surface area contributed by atoms with E-state index in [0.717, 1.165) is 5.56 Å². The molecule has 1 aliphatic rings. The highest BCUT2D eigenvalue weighted by molar-refractivity contribution is 8.15. The topological polar surface area (TPSA) is 72.3 Å². The summed E-state index contributed by atoms with van der Waals surface area (Å²) in [4.78, 5) is 11.2. The minimum atomic E-state index is -0.0874. The molecule has 1 heterocycles. The van der Waals surface area contributed by atoms with Crippen LogP contribution < -0.4 is 14.8 Å². The van der Waals surface area contributed by atoms with Crippen LogP contribution in [0.2, 0.25) is 10.0 Å². The second-order valence-corrected chi connectivity index (χ2v) is 7.40. The van der Waals surface area contributed by atoms with Gasteiger partial charge < -0.3 is 14.8 Å². The van der Waals surface area contributed by atoms with Gasteiger partial charge in [-0.05, 0) is 19.1 Å². The smallest absolute Gasteiger partial charge is 0.236 e. The molecule has 2 aromatic carbocycles. The van der Waals surface area contributed by atoms with Gasteiger partial charge in [-0.3, -0.25) is 4.79 Å². The fourth-order valence-electron chi connectivity index (χ4n) is 2.32. The van der Waals surface area contributed by atoms with Crippen LogP contribution in [-0.4, -0.2) is 29.6 Å². The van der Waals surface area contributed by atoms with Crippen LogP contribution in [0.5, 0.6) is 11.5 Å². The van der Waals surface area contributed by atoms with Crippen molar-refractivity contribution in [2.75, 3.05) is 12.4 Å². The zero-order chi connectivity index (χ0) is 19.9. The summed E-state index contributed by atoms with van der Waals surface area (Å²) in [7, 11) is 0. The second-order valence-electron chi connectivity index (χ2n) is 5.62. The lowest BCUT2D eigenvalue weighted by Gasteiger charge is -2.14. The lowest BCUT2D eigenvalue weighted by Crippen LogP contribution is -2.19. The summed E-state index contributed by atoms with van der Waals surface area (Å²) < 4.78 is 11.5. The van der Waals surface area contributed by atoms with E-state index in [-0.39, 0.29) is 12.5 Å². The Bertz CT molecular complexity index is 935. The molecular weight excluding hydrogens is 421 g/mol. The number of benzene rings is 2. The largest absolute Gasteiger partial charge is 0.490 e. The minimum absolute atomic E-state index is 0.0874. The van der Waals surface area contributed by atoms with Crippen LogP contribution in [0.4, 0.5) is 0 Å². The summed E-state index contributed by atoms with van der Waals surface area (Å²) in [5.74, 6) is 1.31. The van der Waals surface area contributed by atoms with Crippen LogP contribution in [0.25, 0.3) is 0 Å². The summed E-state index contributed by atoms with van der Waals surface area (Å²) in [6.07, 6.45) is 1.50. The summed E-state index contributed by atoms with van der Waals surface area (Å²) >= 11 is 13.8. The lowest BCUT2D eigenvalue weighted by atomic mass is 10.2. The molecule has 1 N–H and O–H groups in total. The Morgan fingerprint density at radius 2 is 1.96 bits per heavy atom. The summed E-state index contributed by atoms with van der Waals surface area (Å²) in [5.41, 5.74) is 1.48. The Balaban J connectivity index is 1.77. The van der Waals surface area contributed by atoms with Gasteiger partial charge in [-0.25, -0.2) is 0 Å². The molecule has 0 bridgehead atoms. The molecule has 0 aromatic heterocycles. The summed E-state index contributed by atoms with van der Waals surface area (Å²) in [6, 6.07) is 10.9. The van der Waals surface area contributed by atoms with E-state index in [4.69, 9.17) is 32.7 Å². The van der Waals surface area contributed by atoms with Crippen molar-refractivity contribution >= 4 is 52.3 Å². The van der Waals surface area contributed by atoms with Crippen molar-refractivity contribution in [3.63, 3.8) is 0 Å². The summed E-state index contributed by atoms with van der Waals surface area (Å²) in [5, 5.41) is 12.1. The van der Waals surface area contributed by atoms with Crippen molar-refractivity contribution in [1.82, 2.24) is 5.32 Å². The van der Waals surface area contributed by atoms with Gasteiger partial charge in [0, 0.05) is 22.2 Å². The molecule has 1 fully saturated rings. The molecule has 0 saturated carbocycles. The van der Waals surface area contributed by atoms with Gasteiger partial charge in [0.05, 0.1) is 23.6 Å². The number of thioether (sulfide) groups is 1. The Morgan fingerprint density at radius 1 is 1.18 bits per heavy atom. The van der Waals surface area contributed by atoms with Crippen LogP contribution in [0.15, 0.2) is 46.6 Å². The molecule has 0 radical (unpaired) electrons. The van der Waals surface area contributed by atoms with Crippen molar-refractivity contribution < 1.29 is 14.3 Å². The van der Waals surface area contributed by atoms with E-state index < -0.39 is 0 Å². The first-order chi connectivity index (χ1) is 13.6. The number of rotatable bonds is 7. The molecule has 3 rings (SSSR count). The first-order valence-electron chi connectivity index (χ1n) is 8.43. The van der Waals surface area contributed by atoms with Crippen molar-refractivity contribution in [1.29, 1.82) is 0 Å². The third kappa shape index (κ3) is 5.41. The maximum absolute atomic E-state index is 11.2. The molecule has 1 aliphatic heterocycles. The average Bonchev–Trinajstić information content (AvgIpc) is 3.09. The molecule has 146 valence electrons. The van der Waals surface area contributed by atoms with Gasteiger partial charge in [-0.2, -0.15) is 5.10 Å². The average molecular weight is 438 g/mol. The third-order valence-electron chi connectivity index (χ3n) is 3.64. The van der Waals surface area contributed by atoms with Gasteiger partial charge in [0.25, 0.3) is 0 Å². The predicted octanol–water partition coefficient (Wildman–Crippen LogP) is 4.52. The fourth-order valence-corrected chi connectivity index (χ4v) is 3.35. The number of nitrogens with one attached hydrogen (secondary N) is 1. The van der Waals surface area contributed by atoms with Gasteiger partial charge in [0.15, 0.2) is 16.7 Å². The molecule has 1 saturated heterocycles. The van der Waals surface area contributed by atoms with Gasteiger partial charge >= 0.3 is 0 Å². The highest BCUT2D eigenvalue weighted by atomic mass is 35.5. The molecule has 0 unspecified atom stereocenters. The van der Waals surface area contributed by atoms with Crippen molar-refractivity contribution in [2.45, 2.75) is 13.5 Å². The van der Waals surface area contributed by atoms with Crippen molar-refractivity contribution in [3.8, 4) is 11.5 Å². The zero-order valence-corrected chi connectivity index (χ0v) is 17.3. The Labute approximate surface area is 176 Å². The number of hydrogen-bond donors (Lipinski definition) is 1. The van der Waals surface area contributed by atoms with Gasteiger partial charge in [-0.15, -0.1) is 5.10 Å². The molecular formula is C19H17Cl2N3O3S. The van der Waals surface area contributed by atoms with Crippen LogP contribution in [0.3, 0.4) is 0 Å². The first-order valence-corrected chi connectivity index (χ1v) is 10.2. The minimum Gasteiger partial charge on any atom is -0.490 e. The number of carbonyl (C=O) groups is 1. The van der Waals surface area contributed by atoms with E-state index in [1.807, 2.05) is 31.2 Å². The van der Waals surface area contributed by atoms with E-state index in [9.17, 15) is 4.79 Å². The zero-order valence-electron chi connectivity index (χ0n) is 14.9. The van der Waals surface area contributed by atoms with E-state index >= 15 is 0 Å². The Kier molecular flexibility index (Phi) is 7.19. The van der Waals surface area contributed by atoms with Crippen LogP contribution in [-0.2, 0) is 11.4 Å². The maximum Gasteiger partial charge on any atom is 0.236 e. The quantitative estimate of drug-likeness (QED) is 0.510. The number of amides is 1. The third-order valence-corrected chi connectivity index (χ3v) is 5.20. The van der Waals surface area contributed by atoms with Crippen LogP contribution >= 0.6 is 35.0 Å². The van der Waals surface area contributed by atoms with Gasteiger partial charge in [-0.1, -0.05) is 53.2 Å². The second kappa shape index (κ2) is 9.82. The summed E-state index contributed by atoms with van der Waals surface area (Å²) in [6.45, 7) is 2.63. The van der Waals surface area contributed by atoms with E-state index in [1.165, 1.54) is 18.0 Å². The highest BCUT2D eigenvalue weighted by Crippen LogP contribution is 2.34. The van der Waals surface area contributed by atoms with Gasteiger partial charge in [0.2, 0.25) is 5.91 Å². The Morgan fingerprint density at radius 3 is 2.68 bits per heavy atom. The molecule has 9 heteroatoms. The number of halogens is 2. The number of ether oxygens (including phenoxy) is 2. The van der Waals surface area contributed by atoms with Crippen molar-refractivity contribution in [3.05, 3.63) is 57.6 Å². The number of nitrogens with zero attached hydrogens (tertiary/aromatic N) is 2. The van der Waals surface area contributed by atoms with Crippen LogP contribution in [0.1, 0.15) is 18.1 Å². The van der Waals surface area contributed by atoms with E-state index in [2.05, 4.69) is 15.5 Å². The number of carbonyl (C=O) groups excluding carboxylic acids is 1. The van der Waals surface area contributed by atoms with Crippen molar-refractivity contribution in [2.24, 2.45) is 10.2 Å². The lowest BCUT2D eigenvalue weighted by molar-refractivity contribution is -0.116. The standard InChI is InChI=1S/C19H17Cl2N3O3S/c1-2-26-16-7-13(9-22-24-19-23-18(25)11-28-19)15(21)8-17(16)27-10-12-5-3-4-6-14(12)20/h3-9H,2,10-11H2,1H3,(H,23,24,25). The van der Waals surface area contributed by atoms with Gasteiger partial charge in [0.1, 0.15) is 6.61 Å².